The van der Waals surface area contributed by atoms with Crippen molar-refractivity contribution in [3.63, 3.8) is 0 Å². The highest BCUT2D eigenvalue weighted by atomic mass is 32.2. The number of nitrogens with one attached hydrogen (secondary N) is 2. The van der Waals surface area contributed by atoms with Crippen molar-refractivity contribution in [3.05, 3.63) is 29.3 Å². The van der Waals surface area contributed by atoms with Gasteiger partial charge in [-0.2, -0.15) is 11.8 Å². The summed E-state index contributed by atoms with van der Waals surface area (Å²) in [6.45, 7) is 3.72. The Bertz CT molecular complexity index is 449. The third kappa shape index (κ3) is 6.76. The third-order valence-corrected chi connectivity index (χ3v) is 3.88. The minimum Gasteiger partial charge on any atom is -0.496 e. The van der Waals surface area contributed by atoms with E-state index in [0.717, 1.165) is 30.2 Å². The fourth-order valence-corrected chi connectivity index (χ4v) is 2.47. The summed E-state index contributed by atoms with van der Waals surface area (Å²) < 4.78 is 5.41. The number of hydrogen-bond acceptors (Lipinski definition) is 3. The van der Waals surface area contributed by atoms with Gasteiger partial charge in [0.15, 0.2) is 5.96 Å². The lowest BCUT2D eigenvalue weighted by atomic mass is 10.1. The van der Waals surface area contributed by atoms with Crippen LogP contribution in [0, 0.1) is 6.92 Å². The van der Waals surface area contributed by atoms with E-state index in [0.29, 0.717) is 6.54 Å². The largest absolute Gasteiger partial charge is 0.496 e. The smallest absolute Gasteiger partial charge is 0.191 e. The van der Waals surface area contributed by atoms with Gasteiger partial charge in [-0.25, -0.2) is 0 Å². The van der Waals surface area contributed by atoms with Crippen LogP contribution in [0.4, 0.5) is 0 Å². The molecule has 1 rings (SSSR count). The van der Waals surface area contributed by atoms with E-state index in [1.807, 2.05) is 11.8 Å². The van der Waals surface area contributed by atoms with E-state index in [9.17, 15) is 0 Å². The van der Waals surface area contributed by atoms with E-state index in [-0.39, 0.29) is 0 Å². The number of aliphatic imine (C=N–C) groups is 1. The molecule has 0 aliphatic heterocycles. The molecule has 1 aromatic carbocycles. The summed E-state index contributed by atoms with van der Waals surface area (Å²) in [6.07, 6.45) is 4.54. The summed E-state index contributed by atoms with van der Waals surface area (Å²) in [6, 6.07) is 6.24. The molecule has 0 fully saturated rings. The molecule has 118 valence electrons. The first-order valence-corrected chi connectivity index (χ1v) is 8.67. The van der Waals surface area contributed by atoms with Crippen molar-refractivity contribution < 1.29 is 4.74 Å². The molecule has 0 aliphatic rings. The highest BCUT2D eigenvalue weighted by Gasteiger charge is 2.04. The van der Waals surface area contributed by atoms with Gasteiger partial charge in [0, 0.05) is 25.7 Å². The molecular formula is C16H27N3OS. The first-order valence-electron chi connectivity index (χ1n) is 7.28. The van der Waals surface area contributed by atoms with Crippen LogP contribution in [-0.2, 0) is 6.54 Å². The summed E-state index contributed by atoms with van der Waals surface area (Å²) >= 11 is 1.89. The molecule has 0 bridgehead atoms. The molecular weight excluding hydrogens is 282 g/mol. The zero-order chi connectivity index (χ0) is 15.5. The van der Waals surface area contributed by atoms with Crippen LogP contribution in [0.15, 0.2) is 23.2 Å². The van der Waals surface area contributed by atoms with Crippen LogP contribution in [0.3, 0.4) is 0 Å². The highest BCUT2D eigenvalue weighted by Crippen LogP contribution is 2.19. The van der Waals surface area contributed by atoms with Crippen molar-refractivity contribution in [2.24, 2.45) is 4.99 Å². The molecule has 21 heavy (non-hydrogen) atoms. The maximum Gasteiger partial charge on any atom is 0.191 e. The van der Waals surface area contributed by atoms with Gasteiger partial charge in [-0.05, 0) is 43.4 Å². The van der Waals surface area contributed by atoms with Crippen LogP contribution in [0.5, 0.6) is 5.75 Å². The molecule has 0 atom stereocenters. The zero-order valence-corrected chi connectivity index (χ0v) is 14.3. The normalized spacial score (nSPS) is 11.3. The Morgan fingerprint density at radius 2 is 2.10 bits per heavy atom. The predicted molar refractivity (Wildman–Crippen MR) is 93.5 cm³/mol. The molecule has 0 unspecified atom stereocenters. The number of methoxy groups -OCH3 is 1. The Balaban J connectivity index is 2.41. The van der Waals surface area contributed by atoms with Crippen molar-refractivity contribution in [1.29, 1.82) is 0 Å². The molecule has 0 saturated heterocycles. The van der Waals surface area contributed by atoms with Gasteiger partial charge in [-0.3, -0.25) is 4.99 Å². The second-order valence-electron chi connectivity index (χ2n) is 4.87. The number of guanidine groups is 1. The Morgan fingerprint density at radius 3 is 2.76 bits per heavy atom. The average molecular weight is 309 g/mol. The molecule has 2 N–H and O–H groups in total. The number of rotatable bonds is 8. The predicted octanol–water partition coefficient (Wildman–Crippen LogP) is 2.81. The van der Waals surface area contributed by atoms with Crippen LogP contribution in [0.2, 0.25) is 0 Å². The Hall–Kier alpha value is -1.36. The average Bonchev–Trinajstić information content (AvgIpc) is 2.50. The van der Waals surface area contributed by atoms with Gasteiger partial charge in [-0.1, -0.05) is 12.1 Å². The fourth-order valence-electron chi connectivity index (χ4n) is 1.98. The van der Waals surface area contributed by atoms with E-state index in [4.69, 9.17) is 4.74 Å². The minimum atomic E-state index is 0.702. The van der Waals surface area contributed by atoms with Crippen molar-refractivity contribution in [3.8, 4) is 5.75 Å². The molecule has 4 nitrogen and oxygen atoms in total. The Morgan fingerprint density at radius 1 is 1.29 bits per heavy atom. The third-order valence-electron chi connectivity index (χ3n) is 3.18. The summed E-state index contributed by atoms with van der Waals surface area (Å²) in [5.41, 5.74) is 2.33. The second kappa shape index (κ2) is 10.4. The van der Waals surface area contributed by atoms with Gasteiger partial charge in [0.25, 0.3) is 0 Å². The zero-order valence-electron chi connectivity index (χ0n) is 13.5. The summed E-state index contributed by atoms with van der Waals surface area (Å²) in [7, 11) is 3.50. The number of ether oxygens (including phenoxy) is 1. The summed E-state index contributed by atoms with van der Waals surface area (Å²) in [5, 5.41) is 6.66. The lowest BCUT2D eigenvalue weighted by molar-refractivity contribution is 0.408. The SMILES string of the molecule is CN=C(NCCCCSC)NCc1ccc(C)cc1OC. The molecule has 0 amide bonds. The summed E-state index contributed by atoms with van der Waals surface area (Å²) in [5.74, 6) is 2.97. The quantitative estimate of drug-likeness (QED) is 0.440. The monoisotopic (exact) mass is 309 g/mol. The number of benzene rings is 1. The van der Waals surface area contributed by atoms with Gasteiger partial charge in [-0.15, -0.1) is 0 Å². The van der Waals surface area contributed by atoms with Crippen LogP contribution >= 0.6 is 11.8 Å². The molecule has 5 heteroatoms. The van der Waals surface area contributed by atoms with Crippen molar-refractivity contribution in [2.45, 2.75) is 26.3 Å². The van der Waals surface area contributed by atoms with Crippen LogP contribution in [-0.4, -0.2) is 38.7 Å². The van der Waals surface area contributed by atoms with E-state index in [1.54, 1.807) is 14.2 Å². The molecule has 0 heterocycles. The van der Waals surface area contributed by atoms with E-state index < -0.39 is 0 Å². The van der Waals surface area contributed by atoms with E-state index in [1.165, 1.54) is 17.7 Å². The Labute approximate surface area is 132 Å². The van der Waals surface area contributed by atoms with Crippen molar-refractivity contribution in [2.75, 3.05) is 32.7 Å². The van der Waals surface area contributed by atoms with Crippen LogP contribution in [0.25, 0.3) is 0 Å². The number of unbranched alkanes of at least 4 members (excludes halogenated alkanes) is 1. The maximum absolute atomic E-state index is 5.41. The fraction of sp³-hybridized carbons (Fsp3) is 0.562. The number of hydrogen-bond donors (Lipinski definition) is 2. The molecule has 0 saturated carbocycles. The van der Waals surface area contributed by atoms with E-state index in [2.05, 4.69) is 47.0 Å². The van der Waals surface area contributed by atoms with Crippen LogP contribution < -0.4 is 15.4 Å². The van der Waals surface area contributed by atoms with Crippen molar-refractivity contribution in [1.82, 2.24) is 10.6 Å². The van der Waals surface area contributed by atoms with Crippen molar-refractivity contribution >= 4 is 17.7 Å². The first kappa shape index (κ1) is 17.7. The summed E-state index contributed by atoms with van der Waals surface area (Å²) in [4.78, 5) is 4.24. The van der Waals surface area contributed by atoms with E-state index >= 15 is 0 Å². The second-order valence-corrected chi connectivity index (χ2v) is 5.85. The molecule has 0 radical (unpaired) electrons. The van der Waals surface area contributed by atoms with Gasteiger partial charge in [0.2, 0.25) is 0 Å². The molecule has 1 aromatic rings. The molecule has 0 aromatic heterocycles. The molecule has 0 spiro atoms. The lowest BCUT2D eigenvalue weighted by Crippen LogP contribution is -2.37. The number of aryl methyl sites for hydroxylation is 1. The Kier molecular flexibility index (Phi) is 8.74. The van der Waals surface area contributed by atoms with Gasteiger partial charge in [0.1, 0.15) is 5.75 Å². The van der Waals surface area contributed by atoms with Gasteiger partial charge < -0.3 is 15.4 Å². The molecule has 0 aliphatic carbocycles. The van der Waals surface area contributed by atoms with Gasteiger partial charge in [0.05, 0.1) is 7.11 Å². The van der Waals surface area contributed by atoms with Gasteiger partial charge >= 0.3 is 0 Å². The highest BCUT2D eigenvalue weighted by molar-refractivity contribution is 7.98. The topological polar surface area (TPSA) is 45.7 Å². The van der Waals surface area contributed by atoms with Crippen LogP contribution in [0.1, 0.15) is 24.0 Å². The first-order chi connectivity index (χ1) is 10.2. The number of thioether (sulfide) groups is 1. The standard InChI is InChI=1S/C16H27N3OS/c1-13-7-8-14(15(11-13)20-3)12-19-16(17-2)18-9-5-6-10-21-4/h7-8,11H,5-6,9-10,12H2,1-4H3,(H2,17,18,19). The lowest BCUT2D eigenvalue weighted by Gasteiger charge is -2.14. The maximum atomic E-state index is 5.41. The minimum absolute atomic E-state index is 0.702. The number of nitrogens with zero attached hydrogens (tertiary/aromatic N) is 1.